The van der Waals surface area contributed by atoms with Crippen LogP contribution in [0, 0.1) is 5.21 Å². The predicted octanol–water partition coefficient (Wildman–Crippen LogP) is 4.92. The molecule has 196 valence electrons. The standard InChI is InChI=1S/C25H19F3N4O4S2/c1-14(18-13-37-22(21(18)33)16-2-4-17(5-3-16)25(26,27)28)30-31-24(35)20-7-6-19(38-20)23(34)29-12-15-8-10-32(36)11-9-15/h2-11,13,33H,12H2,1H3,(H,29,34)(H,31,35)/b30-14+. The van der Waals surface area contributed by atoms with Gasteiger partial charge in [0.05, 0.1) is 31.5 Å². The van der Waals surface area contributed by atoms with E-state index in [1.54, 1.807) is 24.4 Å². The third kappa shape index (κ3) is 6.18. The molecule has 2 amide bonds. The molecule has 0 saturated heterocycles. The second-order valence-electron chi connectivity index (χ2n) is 7.95. The topological polar surface area (TPSA) is 118 Å². The molecule has 0 aliphatic heterocycles. The maximum atomic E-state index is 12.8. The van der Waals surface area contributed by atoms with Crippen molar-refractivity contribution in [3.8, 4) is 16.2 Å². The molecule has 4 aromatic rings. The van der Waals surface area contributed by atoms with Crippen LogP contribution in [0.3, 0.4) is 0 Å². The van der Waals surface area contributed by atoms with E-state index in [0.29, 0.717) is 25.6 Å². The number of nitrogens with one attached hydrogen (secondary N) is 2. The van der Waals surface area contributed by atoms with E-state index < -0.39 is 17.6 Å². The molecule has 4 rings (SSSR count). The van der Waals surface area contributed by atoms with Crippen LogP contribution in [0.5, 0.6) is 5.75 Å². The third-order valence-corrected chi connectivity index (χ3v) is 7.43. The Bertz CT molecular complexity index is 1490. The zero-order chi connectivity index (χ0) is 27.4. The third-order valence-electron chi connectivity index (χ3n) is 5.33. The van der Waals surface area contributed by atoms with Gasteiger partial charge in [0.25, 0.3) is 11.8 Å². The monoisotopic (exact) mass is 560 g/mol. The molecule has 3 aromatic heterocycles. The lowest BCUT2D eigenvalue weighted by Gasteiger charge is -2.07. The van der Waals surface area contributed by atoms with Crippen LogP contribution in [0.2, 0.25) is 0 Å². The fourth-order valence-corrected chi connectivity index (χ4v) is 5.11. The van der Waals surface area contributed by atoms with Crippen molar-refractivity contribution in [3.05, 3.63) is 98.0 Å². The van der Waals surface area contributed by atoms with Crippen LogP contribution >= 0.6 is 22.7 Å². The summed E-state index contributed by atoms with van der Waals surface area (Å²) in [7, 11) is 0. The van der Waals surface area contributed by atoms with Crippen molar-refractivity contribution in [3.63, 3.8) is 0 Å². The van der Waals surface area contributed by atoms with Gasteiger partial charge in [0.1, 0.15) is 5.75 Å². The first kappa shape index (κ1) is 26.8. The van der Waals surface area contributed by atoms with E-state index in [-0.39, 0.29) is 28.8 Å². The van der Waals surface area contributed by atoms with Crippen molar-refractivity contribution in [1.82, 2.24) is 10.7 Å². The molecule has 0 spiro atoms. The summed E-state index contributed by atoms with van der Waals surface area (Å²) in [5.41, 5.74) is 3.34. The maximum absolute atomic E-state index is 12.8. The van der Waals surface area contributed by atoms with Crippen LogP contribution in [-0.2, 0) is 12.7 Å². The lowest BCUT2D eigenvalue weighted by Crippen LogP contribution is -2.26. The van der Waals surface area contributed by atoms with Crippen molar-refractivity contribution in [2.45, 2.75) is 19.6 Å². The van der Waals surface area contributed by atoms with Gasteiger partial charge in [0, 0.05) is 24.1 Å². The highest BCUT2D eigenvalue weighted by Gasteiger charge is 2.30. The van der Waals surface area contributed by atoms with Crippen molar-refractivity contribution in [2.75, 3.05) is 0 Å². The number of hydrogen-bond acceptors (Lipinski definition) is 7. The van der Waals surface area contributed by atoms with Gasteiger partial charge in [-0.05, 0) is 42.3 Å². The average Bonchev–Trinajstić information content (AvgIpc) is 3.54. The summed E-state index contributed by atoms with van der Waals surface area (Å²) in [6.45, 7) is 1.77. The normalized spacial score (nSPS) is 11.8. The van der Waals surface area contributed by atoms with Crippen LogP contribution < -0.4 is 15.5 Å². The second kappa shape index (κ2) is 11.0. The molecular weight excluding hydrogens is 541 g/mol. The predicted molar refractivity (Wildman–Crippen MR) is 137 cm³/mol. The van der Waals surface area contributed by atoms with Crippen LogP contribution in [-0.4, -0.2) is 22.6 Å². The SMILES string of the molecule is C/C(=N\NC(=O)c1ccc(C(=O)NCc2cc[n+]([O-])cc2)s1)c1csc(-c2ccc(C(F)(F)F)cc2)c1O. The van der Waals surface area contributed by atoms with Gasteiger partial charge in [-0.3, -0.25) is 9.59 Å². The number of aromatic hydroxyl groups is 1. The molecule has 13 heteroatoms. The number of halogens is 3. The highest BCUT2D eigenvalue weighted by molar-refractivity contribution is 7.16. The van der Waals surface area contributed by atoms with Gasteiger partial charge in [-0.15, -0.1) is 22.7 Å². The number of carbonyl (C=O) groups is 2. The number of hydrazone groups is 1. The Hall–Kier alpha value is -4.23. The highest BCUT2D eigenvalue weighted by Crippen LogP contribution is 2.40. The summed E-state index contributed by atoms with van der Waals surface area (Å²) in [6.07, 6.45) is -1.81. The number of carbonyl (C=O) groups excluding carboxylic acids is 2. The first-order valence-electron chi connectivity index (χ1n) is 10.9. The van der Waals surface area contributed by atoms with Crippen LogP contribution in [0.15, 0.2) is 71.4 Å². The first-order valence-corrected chi connectivity index (χ1v) is 12.6. The van der Waals surface area contributed by atoms with Gasteiger partial charge in [-0.1, -0.05) is 12.1 Å². The Morgan fingerprint density at radius 2 is 1.66 bits per heavy atom. The number of aromatic nitrogens is 1. The summed E-state index contributed by atoms with van der Waals surface area (Å²) in [6, 6.07) is 10.6. The lowest BCUT2D eigenvalue weighted by molar-refractivity contribution is -0.605. The summed E-state index contributed by atoms with van der Waals surface area (Å²) in [5, 5.41) is 30.0. The van der Waals surface area contributed by atoms with E-state index in [1.807, 2.05) is 0 Å². The van der Waals surface area contributed by atoms with Gasteiger partial charge in [0.15, 0.2) is 12.4 Å². The van der Waals surface area contributed by atoms with Crippen LogP contribution in [0.1, 0.15) is 43.0 Å². The molecule has 0 radical (unpaired) electrons. The van der Waals surface area contributed by atoms with E-state index in [2.05, 4.69) is 15.8 Å². The molecule has 3 heterocycles. The van der Waals surface area contributed by atoms with Gasteiger partial charge in [0.2, 0.25) is 0 Å². The minimum Gasteiger partial charge on any atom is -0.619 e. The molecule has 8 nitrogen and oxygen atoms in total. The first-order chi connectivity index (χ1) is 18.0. The van der Waals surface area contributed by atoms with Crippen molar-refractivity contribution in [2.24, 2.45) is 5.10 Å². The second-order valence-corrected chi connectivity index (χ2v) is 9.92. The number of amides is 2. The smallest absolute Gasteiger partial charge is 0.416 e. The highest BCUT2D eigenvalue weighted by atomic mass is 32.1. The van der Waals surface area contributed by atoms with Crippen molar-refractivity contribution >= 4 is 40.2 Å². The van der Waals surface area contributed by atoms with Crippen LogP contribution in [0.4, 0.5) is 13.2 Å². The largest absolute Gasteiger partial charge is 0.619 e. The molecular formula is C25H19F3N4O4S2. The quantitative estimate of drug-likeness (QED) is 0.129. The fraction of sp³-hybridized carbons (Fsp3) is 0.120. The van der Waals surface area contributed by atoms with Gasteiger partial charge < -0.3 is 15.6 Å². The number of hydrogen-bond donors (Lipinski definition) is 3. The Labute approximate surface area is 222 Å². The average molecular weight is 561 g/mol. The maximum Gasteiger partial charge on any atom is 0.416 e. The number of nitrogens with zero attached hydrogens (tertiary/aromatic N) is 2. The molecule has 1 aromatic carbocycles. The Morgan fingerprint density at radius 3 is 2.29 bits per heavy atom. The van der Waals surface area contributed by atoms with Gasteiger partial charge in [-0.2, -0.15) is 23.0 Å². The van der Waals surface area contributed by atoms with E-state index in [9.17, 15) is 33.1 Å². The Balaban J connectivity index is 1.38. The Morgan fingerprint density at radius 1 is 1.03 bits per heavy atom. The molecule has 0 saturated carbocycles. The van der Waals surface area contributed by atoms with Gasteiger partial charge >= 0.3 is 6.18 Å². The summed E-state index contributed by atoms with van der Waals surface area (Å²) in [4.78, 5) is 25.8. The van der Waals surface area contributed by atoms with E-state index in [4.69, 9.17) is 0 Å². The number of alkyl halides is 3. The minimum absolute atomic E-state index is 0.163. The van der Waals surface area contributed by atoms with E-state index >= 15 is 0 Å². The minimum atomic E-state index is -4.46. The molecule has 0 fully saturated rings. The van der Waals surface area contributed by atoms with Crippen LogP contribution in [0.25, 0.3) is 10.4 Å². The molecule has 0 atom stereocenters. The molecule has 0 bridgehead atoms. The fourth-order valence-electron chi connectivity index (χ4n) is 3.29. The summed E-state index contributed by atoms with van der Waals surface area (Å²) < 4.78 is 39.1. The van der Waals surface area contributed by atoms with E-state index in [0.717, 1.165) is 40.4 Å². The number of benzene rings is 1. The Kier molecular flexibility index (Phi) is 7.78. The molecule has 3 N–H and O–H groups in total. The van der Waals surface area contributed by atoms with Crippen molar-refractivity contribution in [1.29, 1.82) is 0 Å². The van der Waals surface area contributed by atoms with E-state index in [1.165, 1.54) is 36.7 Å². The summed E-state index contributed by atoms with van der Waals surface area (Å²) in [5.74, 6) is -1.11. The molecule has 0 unspecified atom stereocenters. The molecule has 0 aliphatic carbocycles. The lowest BCUT2D eigenvalue weighted by atomic mass is 10.1. The number of thiophene rings is 2. The zero-order valence-corrected chi connectivity index (χ0v) is 21.2. The molecule has 38 heavy (non-hydrogen) atoms. The van der Waals surface area contributed by atoms with Gasteiger partial charge in [-0.25, -0.2) is 5.43 Å². The zero-order valence-electron chi connectivity index (χ0n) is 19.6. The molecule has 0 aliphatic rings. The number of pyridine rings is 1. The number of rotatable bonds is 7. The summed E-state index contributed by atoms with van der Waals surface area (Å²) >= 11 is 2.09. The van der Waals surface area contributed by atoms with Crippen molar-refractivity contribution < 1.29 is 32.6 Å².